The largest absolute Gasteiger partial charge is 0.387 e. The molecule has 2 aromatic heterocycles. The van der Waals surface area contributed by atoms with Crippen LogP contribution in [-0.4, -0.2) is 37.9 Å². The van der Waals surface area contributed by atoms with E-state index in [1.807, 2.05) is 29.0 Å². The summed E-state index contributed by atoms with van der Waals surface area (Å²) >= 11 is 0. The quantitative estimate of drug-likeness (QED) is 0.669. The molecule has 2 aromatic rings. The Bertz CT molecular complexity index is 983. The van der Waals surface area contributed by atoms with Crippen LogP contribution in [0.5, 0.6) is 0 Å². The maximum atomic E-state index is 12.7. The summed E-state index contributed by atoms with van der Waals surface area (Å²) in [5.74, 6) is 0.457. The van der Waals surface area contributed by atoms with Gasteiger partial charge in [-0.05, 0) is 62.7 Å². The first kappa shape index (κ1) is 20.2. The maximum absolute atomic E-state index is 12.7. The smallest absolute Gasteiger partial charge is 0.249 e. The number of aliphatic hydroxyl groups excluding tert-OH is 1. The van der Waals surface area contributed by atoms with E-state index in [4.69, 9.17) is 0 Å². The summed E-state index contributed by atoms with van der Waals surface area (Å²) in [6, 6.07) is 6.03. The number of aryl methyl sites for hydroxylation is 1. The van der Waals surface area contributed by atoms with Gasteiger partial charge in [0.1, 0.15) is 6.04 Å². The lowest BCUT2D eigenvalue weighted by Gasteiger charge is -2.23. The second-order valence-electron chi connectivity index (χ2n) is 8.84. The number of hydrogen-bond donors (Lipinski definition) is 3. The molecular formula is C24H29N5O2. The van der Waals surface area contributed by atoms with Crippen LogP contribution in [0.4, 0.5) is 0 Å². The van der Waals surface area contributed by atoms with Crippen LogP contribution in [0.15, 0.2) is 60.7 Å². The molecule has 1 amide bonds. The number of aromatic nitrogens is 3. The standard InChI is InChI=1S/C24H29N5O2/c30-23(17-2-1-12-25-15-17)21-9-7-19(27-21)14-16-3-5-18(6-4-16)28-24(31)22-10-8-20-11-13-26-29(20)22/h1-3,5-6,11-13,15-16,19,21-23,27,30H,4,7-10,14H2,(H,28,31)/t16?,19-,21+,22-,23+/m0/s1. The van der Waals surface area contributed by atoms with Crippen LogP contribution >= 0.6 is 0 Å². The Morgan fingerprint density at radius 1 is 1.29 bits per heavy atom. The Labute approximate surface area is 182 Å². The predicted molar refractivity (Wildman–Crippen MR) is 117 cm³/mol. The van der Waals surface area contributed by atoms with E-state index in [-0.39, 0.29) is 18.0 Å². The van der Waals surface area contributed by atoms with Gasteiger partial charge in [-0.3, -0.25) is 14.5 Å². The van der Waals surface area contributed by atoms with E-state index in [9.17, 15) is 9.90 Å². The number of rotatable bonds is 6. The van der Waals surface area contributed by atoms with Crippen molar-refractivity contribution in [3.05, 3.63) is 72.0 Å². The van der Waals surface area contributed by atoms with Crippen molar-refractivity contribution in [3.63, 3.8) is 0 Å². The fourth-order valence-corrected chi connectivity index (χ4v) is 5.06. The molecule has 3 aliphatic rings. The third-order valence-electron chi connectivity index (χ3n) is 6.75. The van der Waals surface area contributed by atoms with Crippen molar-refractivity contribution in [2.45, 2.75) is 62.8 Å². The van der Waals surface area contributed by atoms with Gasteiger partial charge in [0.05, 0.1) is 6.10 Å². The van der Waals surface area contributed by atoms with Crippen LogP contribution in [0.2, 0.25) is 0 Å². The van der Waals surface area contributed by atoms with Crippen molar-refractivity contribution >= 4 is 5.91 Å². The first-order valence-electron chi connectivity index (χ1n) is 11.2. The summed E-state index contributed by atoms with van der Waals surface area (Å²) in [7, 11) is 0. The first-order valence-corrected chi connectivity index (χ1v) is 11.2. The van der Waals surface area contributed by atoms with Gasteiger partial charge in [0, 0.05) is 47.6 Å². The first-order chi connectivity index (χ1) is 15.2. The van der Waals surface area contributed by atoms with Crippen LogP contribution in [0.25, 0.3) is 0 Å². The third kappa shape index (κ3) is 4.34. The fraction of sp³-hybridized carbons (Fsp3) is 0.458. The zero-order chi connectivity index (χ0) is 21.2. The molecule has 1 fully saturated rings. The molecule has 31 heavy (non-hydrogen) atoms. The van der Waals surface area contributed by atoms with Crippen LogP contribution < -0.4 is 10.6 Å². The molecule has 4 heterocycles. The maximum Gasteiger partial charge on any atom is 0.249 e. The number of aliphatic hydroxyl groups is 1. The normalized spacial score (nSPS) is 28.2. The van der Waals surface area contributed by atoms with E-state index in [1.54, 1.807) is 18.6 Å². The van der Waals surface area contributed by atoms with Crippen molar-refractivity contribution in [2.75, 3.05) is 0 Å². The molecule has 5 rings (SSSR count). The molecule has 0 bridgehead atoms. The van der Waals surface area contributed by atoms with Crippen LogP contribution in [-0.2, 0) is 11.2 Å². The number of fused-ring (bicyclic) bond motifs is 1. The molecular weight excluding hydrogens is 390 g/mol. The van der Waals surface area contributed by atoms with Gasteiger partial charge in [-0.15, -0.1) is 0 Å². The van der Waals surface area contributed by atoms with Crippen molar-refractivity contribution < 1.29 is 9.90 Å². The lowest BCUT2D eigenvalue weighted by Crippen LogP contribution is -2.35. The minimum atomic E-state index is -0.520. The summed E-state index contributed by atoms with van der Waals surface area (Å²) in [5, 5.41) is 21.6. The SMILES string of the molecule is O=C(NC1=CCC(C[C@@H]2CC[C@H]([C@H](O)c3cccnc3)N2)C=C1)[C@@H]1CCc2ccnn21. The summed E-state index contributed by atoms with van der Waals surface area (Å²) in [6.45, 7) is 0. The summed E-state index contributed by atoms with van der Waals surface area (Å²) in [5.41, 5.74) is 2.88. The molecule has 2 aliphatic heterocycles. The Kier molecular flexibility index (Phi) is 5.70. The average Bonchev–Trinajstić information content (AvgIpc) is 3.52. The summed E-state index contributed by atoms with van der Waals surface area (Å²) in [6.07, 6.45) is 16.8. The highest BCUT2D eigenvalue weighted by Crippen LogP contribution is 2.30. The summed E-state index contributed by atoms with van der Waals surface area (Å²) in [4.78, 5) is 16.8. The number of amides is 1. The van der Waals surface area contributed by atoms with Crippen molar-refractivity contribution in [1.82, 2.24) is 25.4 Å². The van der Waals surface area contributed by atoms with Gasteiger partial charge in [0.25, 0.3) is 0 Å². The highest BCUT2D eigenvalue weighted by atomic mass is 16.3. The van der Waals surface area contributed by atoms with E-state index in [0.717, 1.165) is 55.5 Å². The molecule has 0 radical (unpaired) electrons. The van der Waals surface area contributed by atoms with E-state index >= 15 is 0 Å². The molecule has 7 nitrogen and oxygen atoms in total. The average molecular weight is 420 g/mol. The number of hydrogen-bond acceptors (Lipinski definition) is 5. The lowest BCUT2D eigenvalue weighted by molar-refractivity contribution is -0.123. The van der Waals surface area contributed by atoms with Crippen LogP contribution in [0.1, 0.15) is 55.5 Å². The summed E-state index contributed by atoms with van der Waals surface area (Å²) < 4.78 is 1.84. The Balaban J connectivity index is 1.10. The number of nitrogens with one attached hydrogen (secondary N) is 2. The highest BCUT2D eigenvalue weighted by molar-refractivity contribution is 5.82. The molecule has 0 aromatic carbocycles. The number of nitrogens with zero attached hydrogens (tertiary/aromatic N) is 3. The molecule has 3 N–H and O–H groups in total. The predicted octanol–water partition coefficient (Wildman–Crippen LogP) is 2.59. The highest BCUT2D eigenvalue weighted by Gasteiger charge is 2.32. The van der Waals surface area contributed by atoms with Crippen LogP contribution in [0.3, 0.4) is 0 Å². The molecule has 0 saturated carbocycles. The van der Waals surface area contributed by atoms with Crippen LogP contribution in [0, 0.1) is 5.92 Å². The number of allylic oxidation sites excluding steroid dienone is 3. The van der Waals surface area contributed by atoms with E-state index in [2.05, 4.69) is 32.9 Å². The molecule has 1 aliphatic carbocycles. The zero-order valence-corrected chi connectivity index (χ0v) is 17.5. The van der Waals surface area contributed by atoms with Gasteiger partial charge in [-0.25, -0.2) is 0 Å². The number of carbonyl (C=O) groups is 1. The van der Waals surface area contributed by atoms with E-state index in [0.29, 0.717) is 12.0 Å². The molecule has 162 valence electrons. The molecule has 7 heteroatoms. The molecule has 1 saturated heterocycles. The second kappa shape index (κ2) is 8.77. The van der Waals surface area contributed by atoms with Crippen molar-refractivity contribution in [3.8, 4) is 0 Å². The monoisotopic (exact) mass is 419 g/mol. The van der Waals surface area contributed by atoms with Gasteiger partial charge in [0.15, 0.2) is 0 Å². The van der Waals surface area contributed by atoms with Gasteiger partial charge in [-0.2, -0.15) is 5.10 Å². The Morgan fingerprint density at radius 2 is 2.23 bits per heavy atom. The second-order valence-corrected chi connectivity index (χ2v) is 8.84. The number of carbonyl (C=O) groups excluding carboxylic acids is 1. The molecule has 0 spiro atoms. The minimum Gasteiger partial charge on any atom is -0.387 e. The minimum absolute atomic E-state index is 0.0153. The molecule has 1 unspecified atom stereocenters. The van der Waals surface area contributed by atoms with Gasteiger partial charge in [-0.1, -0.05) is 18.2 Å². The topological polar surface area (TPSA) is 92.1 Å². The van der Waals surface area contributed by atoms with Crippen molar-refractivity contribution in [2.24, 2.45) is 5.92 Å². The Hall–Kier alpha value is -2.77. The van der Waals surface area contributed by atoms with Gasteiger partial charge in [0.2, 0.25) is 5.91 Å². The van der Waals surface area contributed by atoms with Gasteiger partial charge < -0.3 is 15.7 Å². The Morgan fingerprint density at radius 3 is 3.03 bits per heavy atom. The van der Waals surface area contributed by atoms with Gasteiger partial charge >= 0.3 is 0 Å². The third-order valence-corrected chi connectivity index (χ3v) is 6.75. The molecule has 5 atom stereocenters. The lowest BCUT2D eigenvalue weighted by atomic mass is 9.92. The van der Waals surface area contributed by atoms with Crippen molar-refractivity contribution in [1.29, 1.82) is 0 Å². The van der Waals surface area contributed by atoms with E-state index < -0.39 is 6.10 Å². The fourth-order valence-electron chi connectivity index (χ4n) is 5.06. The number of pyridine rings is 1. The zero-order valence-electron chi connectivity index (χ0n) is 17.5. The van der Waals surface area contributed by atoms with E-state index in [1.165, 1.54) is 0 Å².